The summed E-state index contributed by atoms with van der Waals surface area (Å²) in [4.78, 5) is 4.51. The number of aliphatic hydroxyl groups is 1. The summed E-state index contributed by atoms with van der Waals surface area (Å²) in [5.41, 5.74) is 3.68. The number of aromatic nitrogens is 3. The van der Waals surface area contributed by atoms with E-state index in [1.165, 1.54) is 15.4 Å². The Hall–Kier alpha value is -2.49. The van der Waals surface area contributed by atoms with Crippen LogP contribution in [0.25, 0.3) is 11.3 Å². The van der Waals surface area contributed by atoms with E-state index in [1.807, 2.05) is 24.7 Å². The standard InChI is InChI=1S/C23H26N4O4S/c1-14-21(15(2)31-25-14)32(29,30)26-9-7-23(8-10-26)11-18(22(23)28)20-17-6-4-3-5-16(17)19-12-24-13-27(19)20/h3-6,12-13,18,20,22,28H,7-11H2,1-2H3. The summed E-state index contributed by atoms with van der Waals surface area (Å²) < 4.78 is 35.1. The van der Waals surface area contributed by atoms with Crippen LogP contribution in [0, 0.1) is 25.2 Å². The highest BCUT2D eigenvalue weighted by molar-refractivity contribution is 7.89. The molecule has 0 bridgehead atoms. The summed E-state index contributed by atoms with van der Waals surface area (Å²) in [6.45, 7) is 4.07. The van der Waals surface area contributed by atoms with Crippen LogP contribution in [0.1, 0.15) is 42.3 Å². The molecule has 2 fully saturated rings. The number of rotatable bonds is 3. The Balaban J connectivity index is 1.21. The fourth-order valence-corrected chi connectivity index (χ4v) is 7.97. The van der Waals surface area contributed by atoms with Gasteiger partial charge in [-0.3, -0.25) is 0 Å². The predicted molar refractivity (Wildman–Crippen MR) is 116 cm³/mol. The molecule has 3 atom stereocenters. The van der Waals surface area contributed by atoms with Crippen LogP contribution in [0.15, 0.2) is 46.2 Å². The molecule has 2 aromatic heterocycles. The van der Waals surface area contributed by atoms with Crippen LogP contribution in [-0.2, 0) is 10.0 Å². The SMILES string of the molecule is Cc1noc(C)c1S(=O)(=O)N1CCC2(CC1)CC(C1c3ccccc3-c3cncn31)C2O. The van der Waals surface area contributed by atoms with E-state index in [-0.39, 0.29) is 22.3 Å². The monoisotopic (exact) mass is 454 g/mol. The second-order valence-electron chi connectivity index (χ2n) is 9.45. The molecule has 1 aliphatic carbocycles. The summed E-state index contributed by atoms with van der Waals surface area (Å²) in [7, 11) is -3.65. The molecule has 4 heterocycles. The lowest BCUT2D eigenvalue weighted by atomic mass is 9.53. The first-order valence-electron chi connectivity index (χ1n) is 11.1. The smallest absolute Gasteiger partial charge is 0.248 e. The molecule has 0 radical (unpaired) electrons. The molecular weight excluding hydrogens is 428 g/mol. The zero-order valence-electron chi connectivity index (χ0n) is 18.1. The molecule has 1 saturated carbocycles. The van der Waals surface area contributed by atoms with Gasteiger partial charge in [0.05, 0.1) is 30.4 Å². The molecular formula is C23H26N4O4S. The van der Waals surface area contributed by atoms with Gasteiger partial charge in [-0.15, -0.1) is 0 Å². The zero-order valence-corrected chi connectivity index (χ0v) is 18.9. The van der Waals surface area contributed by atoms with Gasteiger partial charge in [-0.2, -0.15) is 4.31 Å². The van der Waals surface area contributed by atoms with Crippen LogP contribution >= 0.6 is 0 Å². The second kappa shape index (κ2) is 6.76. The van der Waals surface area contributed by atoms with Crippen molar-refractivity contribution in [2.75, 3.05) is 13.1 Å². The second-order valence-corrected chi connectivity index (χ2v) is 11.3. The van der Waals surface area contributed by atoms with Crippen molar-refractivity contribution in [3.05, 3.63) is 53.8 Å². The van der Waals surface area contributed by atoms with Crippen molar-refractivity contribution >= 4 is 10.0 Å². The van der Waals surface area contributed by atoms with Crippen molar-refractivity contribution in [2.24, 2.45) is 11.3 Å². The van der Waals surface area contributed by atoms with E-state index in [1.54, 1.807) is 13.8 Å². The Morgan fingerprint density at radius 2 is 1.94 bits per heavy atom. The van der Waals surface area contributed by atoms with E-state index in [9.17, 15) is 13.5 Å². The number of aryl methyl sites for hydroxylation is 2. The molecule has 9 heteroatoms. The number of aliphatic hydroxyl groups excluding tert-OH is 1. The van der Waals surface area contributed by atoms with Gasteiger partial charge in [0, 0.05) is 24.6 Å². The van der Waals surface area contributed by atoms with E-state index >= 15 is 0 Å². The lowest BCUT2D eigenvalue weighted by molar-refractivity contribution is -0.152. The first-order valence-corrected chi connectivity index (χ1v) is 12.5. The lowest BCUT2D eigenvalue weighted by Gasteiger charge is -2.57. The molecule has 2 aliphatic heterocycles. The number of hydrogen-bond acceptors (Lipinski definition) is 6. The fraction of sp³-hybridized carbons (Fsp3) is 0.478. The molecule has 6 rings (SSSR count). The van der Waals surface area contributed by atoms with Crippen molar-refractivity contribution in [2.45, 2.75) is 50.2 Å². The third-order valence-corrected chi connectivity index (χ3v) is 10.0. The maximum atomic E-state index is 13.2. The maximum absolute atomic E-state index is 13.2. The minimum absolute atomic E-state index is 0.0772. The van der Waals surface area contributed by atoms with Crippen molar-refractivity contribution in [3.63, 3.8) is 0 Å². The number of benzene rings is 1. The highest BCUT2D eigenvalue weighted by atomic mass is 32.2. The maximum Gasteiger partial charge on any atom is 0.248 e. The van der Waals surface area contributed by atoms with E-state index < -0.39 is 16.1 Å². The minimum Gasteiger partial charge on any atom is -0.392 e. The van der Waals surface area contributed by atoms with Gasteiger partial charge < -0.3 is 14.2 Å². The van der Waals surface area contributed by atoms with Crippen molar-refractivity contribution in [1.29, 1.82) is 0 Å². The summed E-state index contributed by atoms with van der Waals surface area (Å²) in [6, 6.07) is 8.41. The van der Waals surface area contributed by atoms with Gasteiger partial charge in [-0.05, 0) is 44.1 Å². The Morgan fingerprint density at radius 1 is 1.19 bits per heavy atom. The quantitative estimate of drug-likeness (QED) is 0.653. The van der Waals surface area contributed by atoms with Crippen molar-refractivity contribution in [3.8, 4) is 11.3 Å². The fourth-order valence-electron chi connectivity index (χ4n) is 6.23. The molecule has 32 heavy (non-hydrogen) atoms. The average molecular weight is 455 g/mol. The summed E-state index contributed by atoms with van der Waals surface area (Å²) in [5, 5.41) is 15.2. The molecule has 168 valence electrons. The van der Waals surface area contributed by atoms with Crippen LogP contribution in [0.2, 0.25) is 0 Å². The van der Waals surface area contributed by atoms with E-state index in [0.29, 0.717) is 37.4 Å². The first kappa shape index (κ1) is 20.1. The number of fused-ring (bicyclic) bond motifs is 3. The van der Waals surface area contributed by atoms with Crippen LogP contribution < -0.4 is 0 Å². The van der Waals surface area contributed by atoms with Crippen LogP contribution in [0.5, 0.6) is 0 Å². The Kier molecular flexibility index (Phi) is 4.25. The van der Waals surface area contributed by atoms with Gasteiger partial charge in [0.15, 0.2) is 5.76 Å². The van der Waals surface area contributed by atoms with Gasteiger partial charge in [-0.1, -0.05) is 29.4 Å². The van der Waals surface area contributed by atoms with Crippen LogP contribution in [0.3, 0.4) is 0 Å². The lowest BCUT2D eigenvalue weighted by Crippen LogP contribution is -2.59. The summed E-state index contributed by atoms with van der Waals surface area (Å²) in [6.07, 6.45) is 5.45. The molecule has 1 aromatic carbocycles. The first-order chi connectivity index (χ1) is 15.3. The van der Waals surface area contributed by atoms with Gasteiger partial charge in [0.25, 0.3) is 0 Å². The van der Waals surface area contributed by atoms with Gasteiger partial charge in [-0.25, -0.2) is 13.4 Å². The normalized spacial score (nSPS) is 26.7. The molecule has 1 saturated heterocycles. The Labute approximate surface area is 186 Å². The number of hydrogen-bond donors (Lipinski definition) is 1. The highest BCUT2D eigenvalue weighted by Gasteiger charge is 2.58. The summed E-state index contributed by atoms with van der Waals surface area (Å²) >= 11 is 0. The average Bonchev–Trinajstić information content (AvgIpc) is 3.47. The van der Waals surface area contributed by atoms with Crippen molar-refractivity contribution in [1.82, 2.24) is 19.0 Å². The van der Waals surface area contributed by atoms with Crippen LogP contribution in [0.4, 0.5) is 0 Å². The number of sulfonamides is 1. The van der Waals surface area contributed by atoms with E-state index in [4.69, 9.17) is 4.52 Å². The largest absolute Gasteiger partial charge is 0.392 e. The van der Waals surface area contributed by atoms with E-state index in [0.717, 1.165) is 12.1 Å². The molecule has 3 aromatic rings. The predicted octanol–water partition coefficient (Wildman–Crippen LogP) is 2.91. The Bertz CT molecular complexity index is 1280. The number of piperidine rings is 1. The molecule has 0 amide bonds. The molecule has 8 nitrogen and oxygen atoms in total. The summed E-state index contributed by atoms with van der Waals surface area (Å²) in [5.74, 6) is 0.417. The number of nitrogens with zero attached hydrogens (tertiary/aromatic N) is 4. The zero-order chi connectivity index (χ0) is 22.3. The molecule has 3 unspecified atom stereocenters. The van der Waals surface area contributed by atoms with Gasteiger partial charge in [0.2, 0.25) is 10.0 Å². The van der Waals surface area contributed by atoms with Gasteiger partial charge in [0.1, 0.15) is 10.6 Å². The topological polar surface area (TPSA) is 101 Å². The van der Waals surface area contributed by atoms with Crippen molar-refractivity contribution < 1.29 is 18.0 Å². The van der Waals surface area contributed by atoms with Crippen LogP contribution in [-0.4, -0.2) is 51.7 Å². The highest BCUT2D eigenvalue weighted by Crippen LogP contribution is 2.59. The molecule has 1 N–H and O–H groups in total. The third kappa shape index (κ3) is 2.58. The third-order valence-electron chi connectivity index (χ3n) is 7.89. The Morgan fingerprint density at radius 3 is 2.62 bits per heavy atom. The molecule has 1 spiro atoms. The van der Waals surface area contributed by atoms with Gasteiger partial charge >= 0.3 is 0 Å². The minimum atomic E-state index is -3.65. The molecule has 3 aliphatic rings. The number of imidazole rings is 1. The van der Waals surface area contributed by atoms with E-state index in [2.05, 4.69) is 26.8 Å².